The van der Waals surface area contributed by atoms with Crippen molar-refractivity contribution in [3.05, 3.63) is 89.9 Å². The molecule has 1 aromatic heterocycles. The van der Waals surface area contributed by atoms with E-state index in [2.05, 4.69) is 15.4 Å². The lowest BCUT2D eigenvalue weighted by Crippen LogP contribution is -2.47. The minimum Gasteiger partial charge on any atom is -0.459 e. The molecule has 162 valence electrons. The van der Waals surface area contributed by atoms with Crippen LogP contribution in [0, 0.1) is 0 Å². The van der Waals surface area contributed by atoms with E-state index in [1.807, 2.05) is 6.07 Å². The summed E-state index contributed by atoms with van der Waals surface area (Å²) in [6.45, 7) is -0.215. The van der Waals surface area contributed by atoms with Crippen LogP contribution in [0.3, 0.4) is 0 Å². The molecule has 0 aliphatic rings. The predicted octanol–water partition coefficient (Wildman–Crippen LogP) is 3.84. The summed E-state index contributed by atoms with van der Waals surface area (Å²) >= 11 is 0. The van der Waals surface area contributed by atoms with Crippen molar-refractivity contribution in [2.24, 2.45) is 0 Å². The van der Waals surface area contributed by atoms with E-state index >= 15 is 0 Å². The maximum Gasteiger partial charge on any atom is 0.573 e. The highest BCUT2D eigenvalue weighted by Gasteiger charge is 2.32. The highest BCUT2D eigenvalue weighted by atomic mass is 19.4. The van der Waals surface area contributed by atoms with Crippen molar-refractivity contribution < 1.29 is 31.9 Å². The molecule has 3 rings (SSSR count). The second-order valence-corrected chi connectivity index (χ2v) is 6.57. The molecule has 0 spiro atoms. The summed E-state index contributed by atoms with van der Waals surface area (Å²) in [7, 11) is 0. The van der Waals surface area contributed by atoms with Crippen molar-refractivity contribution >= 4 is 11.8 Å². The van der Waals surface area contributed by atoms with E-state index in [4.69, 9.17) is 4.42 Å². The third-order valence-corrected chi connectivity index (χ3v) is 4.30. The van der Waals surface area contributed by atoms with E-state index in [0.29, 0.717) is 0 Å². The van der Waals surface area contributed by atoms with Crippen LogP contribution >= 0.6 is 0 Å². The average molecular weight is 432 g/mol. The van der Waals surface area contributed by atoms with Gasteiger partial charge in [-0.15, -0.1) is 13.2 Å². The fourth-order valence-corrected chi connectivity index (χ4v) is 2.88. The molecule has 0 bridgehead atoms. The summed E-state index contributed by atoms with van der Waals surface area (Å²) in [5.41, 5.74) is 0.937. The van der Waals surface area contributed by atoms with Crippen LogP contribution in [0.1, 0.15) is 21.7 Å². The second-order valence-electron chi connectivity index (χ2n) is 6.57. The number of nitrogens with one attached hydrogen (secondary N) is 2. The molecule has 0 saturated carbocycles. The summed E-state index contributed by atoms with van der Waals surface area (Å²) in [6.07, 6.45) is -3.34. The van der Waals surface area contributed by atoms with Crippen molar-refractivity contribution in [1.29, 1.82) is 0 Å². The van der Waals surface area contributed by atoms with E-state index < -0.39 is 30.0 Å². The van der Waals surface area contributed by atoms with Crippen LogP contribution in [0.2, 0.25) is 0 Å². The third-order valence-electron chi connectivity index (χ3n) is 4.30. The van der Waals surface area contributed by atoms with E-state index in [-0.39, 0.29) is 24.3 Å². The number of amides is 2. The van der Waals surface area contributed by atoms with Gasteiger partial charge in [-0.25, -0.2) is 0 Å². The highest BCUT2D eigenvalue weighted by Crippen LogP contribution is 2.26. The number of para-hydroxylation sites is 1. The number of ether oxygens (including phenoxy) is 1. The zero-order valence-electron chi connectivity index (χ0n) is 16.2. The summed E-state index contributed by atoms with van der Waals surface area (Å²) in [4.78, 5) is 25.2. The quantitative estimate of drug-likeness (QED) is 0.567. The van der Waals surface area contributed by atoms with Gasteiger partial charge >= 0.3 is 6.36 Å². The Balaban J connectivity index is 1.72. The fraction of sp³-hybridized carbons (Fsp3) is 0.182. The monoisotopic (exact) mass is 432 g/mol. The molecule has 2 N–H and O–H groups in total. The van der Waals surface area contributed by atoms with Gasteiger partial charge in [0.2, 0.25) is 5.91 Å². The van der Waals surface area contributed by atoms with Crippen LogP contribution in [0.5, 0.6) is 5.75 Å². The molecule has 2 amide bonds. The zero-order valence-corrected chi connectivity index (χ0v) is 16.2. The third kappa shape index (κ3) is 6.63. The first-order valence-corrected chi connectivity index (χ1v) is 9.31. The average Bonchev–Trinajstić information content (AvgIpc) is 3.27. The molecule has 1 heterocycles. The van der Waals surface area contributed by atoms with Crippen molar-refractivity contribution in [2.75, 3.05) is 0 Å². The normalized spacial score (nSPS) is 12.1. The summed E-state index contributed by atoms with van der Waals surface area (Å²) in [5.74, 6) is -1.52. The van der Waals surface area contributed by atoms with Gasteiger partial charge in [0, 0.05) is 18.5 Å². The molecule has 0 radical (unpaired) electrons. The Morgan fingerprint density at radius 3 is 2.35 bits per heavy atom. The van der Waals surface area contributed by atoms with Gasteiger partial charge in [-0.1, -0.05) is 48.5 Å². The first kappa shape index (κ1) is 21.9. The summed E-state index contributed by atoms with van der Waals surface area (Å²) in [6, 6.07) is 16.5. The Labute approximate surface area is 176 Å². The molecule has 0 saturated heterocycles. The molecule has 0 fully saturated rings. The largest absolute Gasteiger partial charge is 0.573 e. The Morgan fingerprint density at radius 2 is 1.68 bits per heavy atom. The number of benzene rings is 2. The van der Waals surface area contributed by atoms with Crippen molar-refractivity contribution in [1.82, 2.24) is 10.6 Å². The minimum absolute atomic E-state index is 0.0368. The van der Waals surface area contributed by atoms with Gasteiger partial charge in [-0.3, -0.25) is 9.59 Å². The first-order chi connectivity index (χ1) is 14.8. The molecule has 0 aliphatic heterocycles. The number of alkyl halides is 3. The molecule has 31 heavy (non-hydrogen) atoms. The number of carbonyl (C=O) groups excluding carboxylic acids is 2. The Morgan fingerprint density at radius 1 is 0.968 bits per heavy atom. The molecular weight excluding hydrogens is 413 g/mol. The van der Waals surface area contributed by atoms with Gasteiger partial charge in [0.25, 0.3) is 5.91 Å². The van der Waals surface area contributed by atoms with Crippen molar-refractivity contribution in [3.63, 3.8) is 0 Å². The van der Waals surface area contributed by atoms with E-state index in [9.17, 15) is 22.8 Å². The molecule has 6 nitrogen and oxygen atoms in total. The zero-order chi connectivity index (χ0) is 22.3. The number of hydrogen-bond donors (Lipinski definition) is 2. The van der Waals surface area contributed by atoms with Gasteiger partial charge in [0.1, 0.15) is 11.8 Å². The van der Waals surface area contributed by atoms with Gasteiger partial charge in [-0.2, -0.15) is 0 Å². The second kappa shape index (κ2) is 9.84. The maximum absolute atomic E-state index is 12.8. The Bertz CT molecular complexity index is 1010. The molecule has 2 aromatic carbocycles. The molecule has 3 aromatic rings. The van der Waals surface area contributed by atoms with Crippen LogP contribution in [0.25, 0.3) is 0 Å². The summed E-state index contributed by atoms with van der Waals surface area (Å²) < 4.78 is 46.9. The number of furan rings is 1. The van der Waals surface area contributed by atoms with Gasteiger partial charge in [0.15, 0.2) is 5.76 Å². The lowest BCUT2D eigenvalue weighted by molar-refractivity contribution is -0.274. The number of hydrogen-bond acceptors (Lipinski definition) is 4. The van der Waals surface area contributed by atoms with Gasteiger partial charge < -0.3 is 19.8 Å². The number of halogens is 3. The van der Waals surface area contributed by atoms with Crippen molar-refractivity contribution in [2.45, 2.75) is 25.4 Å². The minimum atomic E-state index is -4.85. The maximum atomic E-state index is 12.8. The van der Waals surface area contributed by atoms with E-state index in [0.717, 1.165) is 11.6 Å². The van der Waals surface area contributed by atoms with Gasteiger partial charge in [-0.05, 0) is 23.8 Å². The fourth-order valence-electron chi connectivity index (χ4n) is 2.88. The molecule has 9 heteroatoms. The van der Waals surface area contributed by atoms with Crippen LogP contribution in [0.4, 0.5) is 13.2 Å². The first-order valence-electron chi connectivity index (χ1n) is 9.31. The smallest absolute Gasteiger partial charge is 0.459 e. The van der Waals surface area contributed by atoms with Crippen LogP contribution < -0.4 is 15.4 Å². The predicted molar refractivity (Wildman–Crippen MR) is 105 cm³/mol. The lowest BCUT2D eigenvalue weighted by Gasteiger charge is -2.19. The molecule has 0 unspecified atom stereocenters. The molecule has 0 aliphatic carbocycles. The topological polar surface area (TPSA) is 80.6 Å². The van der Waals surface area contributed by atoms with E-state index in [1.165, 1.54) is 30.5 Å². The van der Waals surface area contributed by atoms with E-state index in [1.54, 1.807) is 30.3 Å². The molecule has 1 atom stereocenters. The SMILES string of the molecule is O=C(N[C@@H](Cc1ccccc1)C(=O)NCc1ccccc1OC(F)(F)F)c1ccco1. The number of carbonyl (C=O) groups is 2. The number of rotatable bonds is 8. The Kier molecular flexibility index (Phi) is 6.96. The molecular formula is C22H19F3N2O4. The standard InChI is InChI=1S/C22H19F3N2O4/c23-22(24,25)31-18-10-5-4-9-16(18)14-26-20(28)17(13-15-7-2-1-3-8-15)27-21(29)19-11-6-12-30-19/h1-12,17H,13-14H2,(H,26,28)(H,27,29)/t17-/m0/s1. The van der Waals surface area contributed by atoms with Crippen LogP contribution in [-0.2, 0) is 17.8 Å². The van der Waals surface area contributed by atoms with Crippen molar-refractivity contribution in [3.8, 4) is 5.75 Å². The lowest BCUT2D eigenvalue weighted by atomic mass is 10.0. The summed E-state index contributed by atoms with van der Waals surface area (Å²) in [5, 5.41) is 5.17. The van der Waals surface area contributed by atoms with Crippen LogP contribution in [0.15, 0.2) is 77.4 Å². The van der Waals surface area contributed by atoms with Crippen LogP contribution in [-0.4, -0.2) is 24.2 Å². The van der Waals surface area contributed by atoms with Gasteiger partial charge in [0.05, 0.1) is 6.26 Å². The highest BCUT2D eigenvalue weighted by molar-refractivity contribution is 5.95. The Hall–Kier alpha value is -3.75.